The Morgan fingerprint density at radius 2 is 2.04 bits per heavy atom. The Hall–Kier alpha value is -3.09. The molecule has 1 saturated heterocycles. The SMILES string of the molecule is Cc1cc(N2CCC[C@H]2c2nc(-c3ccncc3)cc(=O)[nH]2)ncn1. The fraction of sp³-hybridized carbons (Fsp3) is 0.278. The number of aryl methyl sites for hydroxylation is 1. The molecule has 1 N–H and O–H groups in total. The predicted molar refractivity (Wildman–Crippen MR) is 94.2 cm³/mol. The third-order valence-electron chi connectivity index (χ3n) is 4.39. The van der Waals surface area contributed by atoms with E-state index < -0.39 is 0 Å². The Labute approximate surface area is 144 Å². The highest BCUT2D eigenvalue weighted by Gasteiger charge is 2.29. The highest BCUT2D eigenvalue weighted by Crippen LogP contribution is 2.33. The second-order valence-corrected chi connectivity index (χ2v) is 6.12. The van der Waals surface area contributed by atoms with Crippen LogP contribution >= 0.6 is 0 Å². The van der Waals surface area contributed by atoms with Crippen LogP contribution in [0.25, 0.3) is 11.3 Å². The van der Waals surface area contributed by atoms with Crippen molar-refractivity contribution >= 4 is 5.82 Å². The monoisotopic (exact) mass is 334 g/mol. The van der Waals surface area contributed by atoms with Gasteiger partial charge in [-0.25, -0.2) is 15.0 Å². The van der Waals surface area contributed by atoms with Crippen LogP contribution in [-0.2, 0) is 0 Å². The zero-order valence-electron chi connectivity index (χ0n) is 13.9. The maximum atomic E-state index is 12.2. The lowest BCUT2D eigenvalue weighted by molar-refractivity contribution is 0.656. The van der Waals surface area contributed by atoms with E-state index in [9.17, 15) is 4.79 Å². The first-order chi connectivity index (χ1) is 12.2. The Bertz CT molecular complexity index is 940. The number of aromatic nitrogens is 5. The minimum absolute atomic E-state index is 0.00351. The van der Waals surface area contributed by atoms with Gasteiger partial charge in [0.15, 0.2) is 0 Å². The number of H-pyrrole nitrogens is 1. The van der Waals surface area contributed by atoms with Crippen molar-refractivity contribution in [2.75, 3.05) is 11.4 Å². The summed E-state index contributed by atoms with van der Waals surface area (Å²) in [5.74, 6) is 1.54. The second-order valence-electron chi connectivity index (χ2n) is 6.12. The van der Waals surface area contributed by atoms with E-state index in [0.717, 1.165) is 36.5 Å². The van der Waals surface area contributed by atoms with E-state index in [0.29, 0.717) is 11.5 Å². The standard InChI is InChI=1S/C18H18N6O/c1-12-9-16(21-11-20-12)24-8-2-3-15(24)18-22-14(10-17(25)23-18)13-4-6-19-7-5-13/h4-7,9-11,15H,2-3,8H2,1H3,(H,22,23,25)/t15-/m0/s1. The van der Waals surface area contributed by atoms with E-state index in [1.807, 2.05) is 25.1 Å². The maximum Gasteiger partial charge on any atom is 0.251 e. The first-order valence-corrected chi connectivity index (χ1v) is 8.28. The zero-order valence-corrected chi connectivity index (χ0v) is 13.9. The van der Waals surface area contributed by atoms with Crippen LogP contribution in [0.2, 0.25) is 0 Å². The summed E-state index contributed by atoms with van der Waals surface area (Å²) in [6.07, 6.45) is 6.92. The molecule has 1 aliphatic rings. The molecule has 1 atom stereocenters. The van der Waals surface area contributed by atoms with Gasteiger partial charge in [-0.05, 0) is 31.9 Å². The molecule has 4 heterocycles. The average molecular weight is 334 g/mol. The normalized spacial score (nSPS) is 17.0. The number of anilines is 1. The molecule has 126 valence electrons. The van der Waals surface area contributed by atoms with Gasteiger partial charge >= 0.3 is 0 Å². The Balaban J connectivity index is 1.73. The Kier molecular flexibility index (Phi) is 3.97. The van der Waals surface area contributed by atoms with Crippen LogP contribution in [-0.4, -0.2) is 31.5 Å². The molecule has 0 aliphatic carbocycles. The fourth-order valence-corrected chi connectivity index (χ4v) is 3.23. The molecule has 0 amide bonds. The molecule has 25 heavy (non-hydrogen) atoms. The summed E-state index contributed by atoms with van der Waals surface area (Å²) in [6, 6.07) is 7.19. The number of hydrogen-bond acceptors (Lipinski definition) is 6. The molecular formula is C18H18N6O. The largest absolute Gasteiger partial charge is 0.346 e. The smallest absolute Gasteiger partial charge is 0.251 e. The van der Waals surface area contributed by atoms with Crippen molar-refractivity contribution in [2.45, 2.75) is 25.8 Å². The van der Waals surface area contributed by atoms with Crippen molar-refractivity contribution in [3.8, 4) is 11.3 Å². The molecule has 0 spiro atoms. The van der Waals surface area contributed by atoms with Gasteiger partial charge in [0.25, 0.3) is 5.56 Å². The molecule has 7 heteroatoms. The van der Waals surface area contributed by atoms with E-state index in [-0.39, 0.29) is 11.6 Å². The van der Waals surface area contributed by atoms with Gasteiger partial charge in [-0.1, -0.05) is 0 Å². The predicted octanol–water partition coefficient (Wildman–Crippen LogP) is 2.27. The fourth-order valence-electron chi connectivity index (χ4n) is 3.23. The van der Waals surface area contributed by atoms with Crippen LogP contribution in [0.15, 0.2) is 47.8 Å². The van der Waals surface area contributed by atoms with Crippen LogP contribution in [0.4, 0.5) is 5.82 Å². The van der Waals surface area contributed by atoms with Crippen LogP contribution in [0.3, 0.4) is 0 Å². The summed E-state index contributed by atoms with van der Waals surface area (Å²) in [6.45, 7) is 2.82. The molecule has 0 saturated carbocycles. The summed E-state index contributed by atoms with van der Waals surface area (Å²) >= 11 is 0. The lowest BCUT2D eigenvalue weighted by atomic mass is 10.1. The molecule has 0 radical (unpaired) electrons. The van der Waals surface area contributed by atoms with Gasteiger partial charge in [0.05, 0.1) is 11.7 Å². The molecule has 1 fully saturated rings. The van der Waals surface area contributed by atoms with Crippen molar-refractivity contribution in [3.05, 3.63) is 64.9 Å². The van der Waals surface area contributed by atoms with Crippen molar-refractivity contribution < 1.29 is 0 Å². The Morgan fingerprint density at radius 3 is 2.84 bits per heavy atom. The second kappa shape index (κ2) is 6.43. The maximum absolute atomic E-state index is 12.2. The molecule has 4 rings (SSSR count). The van der Waals surface area contributed by atoms with Crippen LogP contribution in [0.1, 0.15) is 30.4 Å². The van der Waals surface area contributed by atoms with Gasteiger partial charge in [-0.3, -0.25) is 9.78 Å². The highest BCUT2D eigenvalue weighted by molar-refractivity contribution is 5.57. The molecule has 0 bridgehead atoms. The van der Waals surface area contributed by atoms with Gasteiger partial charge in [-0.2, -0.15) is 0 Å². The van der Waals surface area contributed by atoms with Gasteiger partial charge in [0.1, 0.15) is 18.0 Å². The van der Waals surface area contributed by atoms with Crippen LogP contribution in [0.5, 0.6) is 0 Å². The third kappa shape index (κ3) is 3.13. The molecular weight excluding hydrogens is 316 g/mol. The summed E-state index contributed by atoms with van der Waals surface area (Å²) in [5.41, 5.74) is 2.31. The van der Waals surface area contributed by atoms with E-state index in [4.69, 9.17) is 4.98 Å². The molecule has 0 aromatic carbocycles. The molecule has 3 aromatic heterocycles. The zero-order chi connectivity index (χ0) is 17.2. The first kappa shape index (κ1) is 15.4. The van der Waals surface area contributed by atoms with Crippen LogP contribution in [0, 0.1) is 6.92 Å². The number of pyridine rings is 1. The summed E-state index contributed by atoms with van der Waals surface area (Å²) in [7, 11) is 0. The van der Waals surface area contributed by atoms with Gasteiger partial charge in [0, 0.05) is 42.3 Å². The number of nitrogens with zero attached hydrogens (tertiary/aromatic N) is 5. The van der Waals surface area contributed by atoms with Crippen molar-refractivity contribution in [3.63, 3.8) is 0 Å². The third-order valence-corrected chi connectivity index (χ3v) is 4.39. The van der Waals surface area contributed by atoms with E-state index in [1.165, 1.54) is 6.07 Å². The summed E-state index contributed by atoms with van der Waals surface area (Å²) in [5, 5.41) is 0. The lowest BCUT2D eigenvalue weighted by Gasteiger charge is -2.25. The number of nitrogens with one attached hydrogen (secondary N) is 1. The first-order valence-electron chi connectivity index (χ1n) is 8.28. The van der Waals surface area contributed by atoms with Crippen molar-refractivity contribution in [1.82, 2.24) is 24.9 Å². The van der Waals surface area contributed by atoms with E-state index >= 15 is 0 Å². The van der Waals surface area contributed by atoms with Crippen LogP contribution < -0.4 is 10.5 Å². The van der Waals surface area contributed by atoms with Gasteiger partial charge < -0.3 is 9.88 Å². The summed E-state index contributed by atoms with van der Waals surface area (Å²) in [4.78, 5) is 34.6. The molecule has 0 unspecified atom stereocenters. The minimum Gasteiger partial charge on any atom is -0.346 e. The average Bonchev–Trinajstić information content (AvgIpc) is 3.12. The molecule has 3 aromatic rings. The van der Waals surface area contributed by atoms with Gasteiger partial charge in [0.2, 0.25) is 0 Å². The highest BCUT2D eigenvalue weighted by atomic mass is 16.1. The van der Waals surface area contributed by atoms with E-state index in [2.05, 4.69) is 24.8 Å². The van der Waals surface area contributed by atoms with Crippen molar-refractivity contribution in [1.29, 1.82) is 0 Å². The minimum atomic E-state index is -0.150. The summed E-state index contributed by atoms with van der Waals surface area (Å²) < 4.78 is 0. The quantitative estimate of drug-likeness (QED) is 0.790. The molecule has 1 aliphatic heterocycles. The topological polar surface area (TPSA) is 87.7 Å². The van der Waals surface area contributed by atoms with Gasteiger partial charge in [-0.15, -0.1) is 0 Å². The van der Waals surface area contributed by atoms with E-state index in [1.54, 1.807) is 18.7 Å². The molecule has 7 nitrogen and oxygen atoms in total. The number of aromatic amines is 1. The number of hydrogen-bond donors (Lipinski definition) is 1. The number of rotatable bonds is 3. The lowest BCUT2D eigenvalue weighted by Crippen LogP contribution is -2.27. The Morgan fingerprint density at radius 1 is 1.20 bits per heavy atom. The van der Waals surface area contributed by atoms with Crippen molar-refractivity contribution in [2.24, 2.45) is 0 Å².